The van der Waals surface area contributed by atoms with Gasteiger partial charge in [-0.2, -0.15) is 0 Å². The number of nitrogens with zero attached hydrogens (tertiary/aromatic N) is 3. The van der Waals surface area contributed by atoms with Gasteiger partial charge < -0.3 is 10.1 Å². The van der Waals surface area contributed by atoms with E-state index in [-0.39, 0.29) is 12.0 Å². The van der Waals surface area contributed by atoms with Crippen molar-refractivity contribution >= 4 is 5.97 Å². The molecule has 0 spiro atoms. The van der Waals surface area contributed by atoms with Crippen LogP contribution in [0.3, 0.4) is 0 Å². The highest BCUT2D eigenvalue weighted by Crippen LogP contribution is 2.08. The van der Waals surface area contributed by atoms with E-state index >= 15 is 0 Å². The molecule has 18 heavy (non-hydrogen) atoms. The number of rotatable bonds is 11. The Labute approximate surface area is 109 Å². The molecule has 6 heteroatoms. The number of nitrogens with one attached hydrogen (secondary N) is 1. The molecule has 0 bridgehead atoms. The van der Waals surface area contributed by atoms with Crippen LogP contribution in [-0.4, -0.2) is 32.2 Å². The van der Waals surface area contributed by atoms with Crippen molar-refractivity contribution in [3.63, 3.8) is 0 Å². The van der Waals surface area contributed by atoms with Crippen molar-refractivity contribution in [1.29, 1.82) is 0 Å². The van der Waals surface area contributed by atoms with E-state index in [2.05, 4.69) is 22.3 Å². The molecular weight excluding hydrogens is 232 g/mol. The van der Waals surface area contributed by atoms with Gasteiger partial charge in [-0.05, 0) is 12.0 Å². The average molecular weight is 256 g/mol. The number of methoxy groups -OCH3 is 1. The zero-order valence-electron chi connectivity index (χ0n) is 11.4. The Hall–Kier alpha value is -1.26. The lowest BCUT2D eigenvalue weighted by molar-refractivity contribution is -0.143. The SMILES string of the molecule is CCCCCCCC(NCCN=[N+]=[N-])C(=O)OC. The normalized spacial score (nSPS) is 11.7. The Morgan fingerprint density at radius 3 is 2.72 bits per heavy atom. The second-order valence-corrected chi connectivity index (χ2v) is 4.19. The number of hydrogen-bond acceptors (Lipinski definition) is 4. The molecule has 0 rings (SSSR count). The van der Waals surface area contributed by atoms with E-state index in [1.54, 1.807) is 0 Å². The van der Waals surface area contributed by atoms with Crippen molar-refractivity contribution in [3.8, 4) is 0 Å². The van der Waals surface area contributed by atoms with E-state index < -0.39 is 0 Å². The van der Waals surface area contributed by atoms with E-state index in [1.165, 1.54) is 26.4 Å². The molecule has 0 saturated carbocycles. The first kappa shape index (κ1) is 16.7. The summed E-state index contributed by atoms with van der Waals surface area (Å²) < 4.78 is 4.74. The molecule has 0 heterocycles. The Morgan fingerprint density at radius 1 is 1.39 bits per heavy atom. The highest BCUT2D eigenvalue weighted by atomic mass is 16.5. The van der Waals surface area contributed by atoms with Gasteiger partial charge in [-0.15, -0.1) is 0 Å². The summed E-state index contributed by atoms with van der Waals surface area (Å²) in [6, 6.07) is -0.287. The summed E-state index contributed by atoms with van der Waals surface area (Å²) in [5, 5.41) is 6.47. The Bertz CT molecular complexity index is 265. The first-order valence-electron chi connectivity index (χ1n) is 6.58. The summed E-state index contributed by atoms with van der Waals surface area (Å²) in [6.07, 6.45) is 6.58. The molecule has 0 aromatic rings. The molecule has 0 amide bonds. The van der Waals surface area contributed by atoms with Gasteiger partial charge in [-0.25, -0.2) is 0 Å². The Kier molecular flexibility index (Phi) is 11.3. The lowest BCUT2D eigenvalue weighted by atomic mass is 10.1. The second-order valence-electron chi connectivity index (χ2n) is 4.19. The fourth-order valence-electron chi connectivity index (χ4n) is 1.73. The van der Waals surface area contributed by atoms with Crippen molar-refractivity contribution in [3.05, 3.63) is 10.4 Å². The third kappa shape index (κ3) is 8.84. The van der Waals surface area contributed by atoms with Gasteiger partial charge in [0.25, 0.3) is 0 Å². The van der Waals surface area contributed by atoms with Gasteiger partial charge in [0, 0.05) is 18.0 Å². The van der Waals surface area contributed by atoms with Crippen molar-refractivity contribution in [1.82, 2.24) is 5.32 Å². The maximum atomic E-state index is 11.5. The third-order valence-electron chi connectivity index (χ3n) is 2.75. The van der Waals surface area contributed by atoms with E-state index in [0.29, 0.717) is 13.1 Å². The summed E-state index contributed by atoms with van der Waals surface area (Å²) >= 11 is 0. The third-order valence-corrected chi connectivity index (χ3v) is 2.75. The molecule has 1 N–H and O–H groups in total. The first-order chi connectivity index (χ1) is 8.76. The quantitative estimate of drug-likeness (QED) is 0.203. The number of hydrogen-bond donors (Lipinski definition) is 1. The molecule has 1 unspecified atom stereocenters. The number of azide groups is 1. The predicted octanol–water partition coefficient (Wildman–Crippen LogP) is 2.79. The van der Waals surface area contributed by atoms with Gasteiger partial charge in [0.1, 0.15) is 6.04 Å². The van der Waals surface area contributed by atoms with Crippen LogP contribution in [0.2, 0.25) is 0 Å². The van der Waals surface area contributed by atoms with Crippen LogP contribution in [0.15, 0.2) is 5.11 Å². The largest absolute Gasteiger partial charge is 0.468 e. The minimum atomic E-state index is -0.287. The standard InChI is InChI=1S/C12H24N4O2/c1-3-4-5-6-7-8-11(12(17)18-2)14-9-10-15-16-13/h11,14H,3-10H2,1-2H3. The van der Waals surface area contributed by atoms with Crippen molar-refractivity contribution in [2.45, 2.75) is 51.5 Å². The lowest BCUT2D eigenvalue weighted by Gasteiger charge is -2.15. The van der Waals surface area contributed by atoms with Gasteiger partial charge in [0.05, 0.1) is 7.11 Å². The maximum absolute atomic E-state index is 11.5. The van der Waals surface area contributed by atoms with E-state index in [9.17, 15) is 4.79 Å². The van der Waals surface area contributed by atoms with Crippen molar-refractivity contribution in [2.24, 2.45) is 5.11 Å². The average Bonchev–Trinajstić information content (AvgIpc) is 2.40. The zero-order chi connectivity index (χ0) is 13.6. The zero-order valence-corrected chi connectivity index (χ0v) is 11.4. The molecule has 0 aliphatic heterocycles. The van der Waals surface area contributed by atoms with Gasteiger partial charge in [0.2, 0.25) is 0 Å². The lowest BCUT2D eigenvalue weighted by Crippen LogP contribution is -2.38. The number of carbonyl (C=O) groups is 1. The van der Waals surface area contributed by atoms with Gasteiger partial charge in [-0.3, -0.25) is 4.79 Å². The van der Waals surface area contributed by atoms with Crippen LogP contribution >= 0.6 is 0 Å². The number of unbranched alkanes of at least 4 members (excludes halogenated alkanes) is 4. The van der Waals surface area contributed by atoms with Crippen LogP contribution in [0.5, 0.6) is 0 Å². The van der Waals surface area contributed by atoms with E-state index in [4.69, 9.17) is 10.3 Å². The predicted molar refractivity (Wildman–Crippen MR) is 71.2 cm³/mol. The second kappa shape index (κ2) is 12.2. The van der Waals surface area contributed by atoms with Crippen molar-refractivity contribution in [2.75, 3.05) is 20.2 Å². The van der Waals surface area contributed by atoms with E-state index in [0.717, 1.165) is 19.3 Å². The van der Waals surface area contributed by atoms with Gasteiger partial charge >= 0.3 is 5.97 Å². The minimum Gasteiger partial charge on any atom is -0.468 e. The highest BCUT2D eigenvalue weighted by molar-refractivity contribution is 5.75. The smallest absolute Gasteiger partial charge is 0.322 e. The monoisotopic (exact) mass is 256 g/mol. The number of ether oxygens (including phenoxy) is 1. The summed E-state index contributed by atoms with van der Waals surface area (Å²) in [7, 11) is 1.39. The summed E-state index contributed by atoms with van der Waals surface area (Å²) in [5.74, 6) is -0.244. The topological polar surface area (TPSA) is 87.1 Å². The van der Waals surface area contributed by atoms with Gasteiger partial charge in [0.15, 0.2) is 0 Å². The Balaban J connectivity index is 3.84. The van der Waals surface area contributed by atoms with Crippen LogP contribution in [0.4, 0.5) is 0 Å². The maximum Gasteiger partial charge on any atom is 0.322 e. The Morgan fingerprint density at radius 2 is 2.11 bits per heavy atom. The molecule has 1 atom stereocenters. The highest BCUT2D eigenvalue weighted by Gasteiger charge is 2.17. The molecule has 0 aliphatic rings. The van der Waals surface area contributed by atoms with E-state index in [1.807, 2.05) is 0 Å². The molecule has 104 valence electrons. The molecule has 0 aromatic carbocycles. The summed E-state index contributed by atoms with van der Waals surface area (Å²) in [6.45, 7) is 3.02. The summed E-state index contributed by atoms with van der Waals surface area (Å²) in [4.78, 5) is 14.2. The summed E-state index contributed by atoms with van der Waals surface area (Å²) in [5.41, 5.74) is 8.15. The molecular formula is C12H24N4O2. The van der Waals surface area contributed by atoms with Crippen molar-refractivity contribution < 1.29 is 9.53 Å². The van der Waals surface area contributed by atoms with Gasteiger partial charge in [-0.1, -0.05) is 44.1 Å². The van der Waals surface area contributed by atoms with Crippen LogP contribution in [0.25, 0.3) is 10.4 Å². The number of esters is 1. The van der Waals surface area contributed by atoms with Crippen LogP contribution in [-0.2, 0) is 9.53 Å². The first-order valence-corrected chi connectivity index (χ1v) is 6.58. The number of carbonyl (C=O) groups excluding carboxylic acids is 1. The molecule has 0 aromatic heterocycles. The molecule has 6 nitrogen and oxygen atoms in total. The van der Waals surface area contributed by atoms with Crippen LogP contribution in [0.1, 0.15) is 45.4 Å². The minimum absolute atomic E-state index is 0.244. The molecule has 0 saturated heterocycles. The molecule has 0 radical (unpaired) electrons. The van der Waals surface area contributed by atoms with Crippen LogP contribution < -0.4 is 5.32 Å². The fraction of sp³-hybridized carbons (Fsp3) is 0.917. The molecule has 0 fully saturated rings. The fourth-order valence-corrected chi connectivity index (χ4v) is 1.73. The molecule has 0 aliphatic carbocycles. The van der Waals surface area contributed by atoms with Crippen LogP contribution in [0, 0.1) is 0 Å².